The van der Waals surface area contributed by atoms with Gasteiger partial charge in [0.1, 0.15) is 0 Å². The largest absolute Gasteiger partial charge is 0.353 e. The highest BCUT2D eigenvalue weighted by molar-refractivity contribution is 5.84. The van der Waals surface area contributed by atoms with Gasteiger partial charge in [-0.3, -0.25) is 4.79 Å². The number of fused-ring (bicyclic) bond motifs is 3. The number of aryl methyl sites for hydroxylation is 1. The first-order valence-electron chi connectivity index (χ1n) is 8.38. The number of carbonyl (C=O) groups is 1. The summed E-state index contributed by atoms with van der Waals surface area (Å²) < 4.78 is 0. The summed E-state index contributed by atoms with van der Waals surface area (Å²) in [5.74, 6) is 2.05. The van der Waals surface area contributed by atoms with Crippen LogP contribution in [0, 0.1) is 17.8 Å². The standard InChI is InChI=1S/C18H24N2O/c19-10-12-5-3-7-15(12)20-18(21)17-14-9-8-11-4-1-2-6-13(11)16(14)17/h1-2,4,6,12,14-17H,3,5,7-10,19H2,(H,20,21). The van der Waals surface area contributed by atoms with Gasteiger partial charge in [0.15, 0.2) is 0 Å². The first-order valence-corrected chi connectivity index (χ1v) is 8.38. The maximum atomic E-state index is 12.6. The Morgan fingerprint density at radius 1 is 1.24 bits per heavy atom. The molecule has 3 N–H and O–H groups in total. The van der Waals surface area contributed by atoms with E-state index in [9.17, 15) is 4.79 Å². The van der Waals surface area contributed by atoms with Crippen LogP contribution in [0.15, 0.2) is 24.3 Å². The van der Waals surface area contributed by atoms with Crippen LogP contribution < -0.4 is 11.1 Å². The highest BCUT2D eigenvalue weighted by atomic mass is 16.2. The van der Waals surface area contributed by atoms with Crippen LogP contribution in [0.3, 0.4) is 0 Å². The molecule has 112 valence electrons. The summed E-state index contributed by atoms with van der Waals surface area (Å²) in [6, 6.07) is 8.98. The molecular weight excluding hydrogens is 260 g/mol. The van der Waals surface area contributed by atoms with Gasteiger partial charge in [0.2, 0.25) is 5.91 Å². The predicted octanol–water partition coefficient (Wildman–Crippen LogP) is 2.21. The van der Waals surface area contributed by atoms with Gasteiger partial charge in [-0.1, -0.05) is 30.7 Å². The van der Waals surface area contributed by atoms with Gasteiger partial charge in [-0.05, 0) is 61.1 Å². The molecule has 0 radical (unpaired) electrons. The third-order valence-corrected chi connectivity index (χ3v) is 5.92. The molecule has 2 saturated carbocycles. The quantitative estimate of drug-likeness (QED) is 0.894. The van der Waals surface area contributed by atoms with Crippen LogP contribution in [0.25, 0.3) is 0 Å². The molecule has 21 heavy (non-hydrogen) atoms. The lowest BCUT2D eigenvalue weighted by Gasteiger charge is -2.19. The highest BCUT2D eigenvalue weighted by Gasteiger charge is 2.57. The van der Waals surface area contributed by atoms with Crippen molar-refractivity contribution in [3.63, 3.8) is 0 Å². The average Bonchev–Trinajstić information content (AvgIpc) is 3.11. The Morgan fingerprint density at radius 3 is 2.95 bits per heavy atom. The third kappa shape index (κ3) is 2.18. The van der Waals surface area contributed by atoms with E-state index in [1.165, 1.54) is 30.4 Å². The van der Waals surface area contributed by atoms with Crippen molar-refractivity contribution in [1.29, 1.82) is 0 Å². The Morgan fingerprint density at radius 2 is 2.10 bits per heavy atom. The molecule has 4 rings (SSSR count). The normalized spacial score (nSPS) is 36.7. The molecule has 1 amide bonds. The zero-order chi connectivity index (χ0) is 14.4. The van der Waals surface area contributed by atoms with Gasteiger partial charge in [-0.15, -0.1) is 0 Å². The van der Waals surface area contributed by atoms with E-state index in [0.717, 1.165) is 12.8 Å². The maximum absolute atomic E-state index is 12.6. The van der Waals surface area contributed by atoms with E-state index in [0.29, 0.717) is 30.3 Å². The Balaban J connectivity index is 1.46. The number of rotatable bonds is 3. The lowest BCUT2D eigenvalue weighted by atomic mass is 9.92. The van der Waals surface area contributed by atoms with Crippen molar-refractivity contribution in [3.8, 4) is 0 Å². The molecule has 0 aliphatic heterocycles. The number of benzene rings is 1. The Kier molecular flexibility index (Phi) is 3.26. The second kappa shape index (κ2) is 5.13. The zero-order valence-corrected chi connectivity index (χ0v) is 12.4. The van der Waals surface area contributed by atoms with Crippen molar-refractivity contribution in [3.05, 3.63) is 35.4 Å². The van der Waals surface area contributed by atoms with E-state index < -0.39 is 0 Å². The van der Waals surface area contributed by atoms with Crippen LogP contribution in [0.4, 0.5) is 0 Å². The van der Waals surface area contributed by atoms with Gasteiger partial charge in [-0.2, -0.15) is 0 Å². The molecule has 0 heterocycles. The lowest BCUT2D eigenvalue weighted by molar-refractivity contribution is -0.123. The molecule has 2 fully saturated rings. The van der Waals surface area contributed by atoms with Crippen LogP contribution in [0.1, 0.15) is 42.7 Å². The van der Waals surface area contributed by atoms with Crippen LogP contribution >= 0.6 is 0 Å². The maximum Gasteiger partial charge on any atom is 0.224 e. The molecule has 0 bridgehead atoms. The smallest absolute Gasteiger partial charge is 0.224 e. The fourth-order valence-corrected chi connectivity index (χ4v) is 4.71. The van der Waals surface area contributed by atoms with E-state index in [2.05, 4.69) is 29.6 Å². The SMILES string of the molecule is NCC1CCCC1NC(=O)C1C2CCc3ccccc3C21. The first kappa shape index (κ1) is 13.3. The predicted molar refractivity (Wildman–Crippen MR) is 82.8 cm³/mol. The van der Waals surface area contributed by atoms with Crippen LogP contribution in [0.5, 0.6) is 0 Å². The summed E-state index contributed by atoms with van der Waals surface area (Å²) in [7, 11) is 0. The van der Waals surface area contributed by atoms with E-state index >= 15 is 0 Å². The molecule has 1 aromatic rings. The average molecular weight is 284 g/mol. The van der Waals surface area contributed by atoms with Crippen molar-refractivity contribution in [2.75, 3.05) is 6.54 Å². The summed E-state index contributed by atoms with van der Waals surface area (Å²) in [6.45, 7) is 0.700. The molecule has 3 aliphatic rings. The van der Waals surface area contributed by atoms with E-state index in [1.54, 1.807) is 0 Å². The highest BCUT2D eigenvalue weighted by Crippen LogP contribution is 2.59. The molecule has 0 spiro atoms. The van der Waals surface area contributed by atoms with Gasteiger partial charge in [0, 0.05) is 12.0 Å². The third-order valence-electron chi connectivity index (χ3n) is 5.92. The molecule has 0 saturated heterocycles. The van der Waals surface area contributed by atoms with Gasteiger partial charge >= 0.3 is 0 Å². The molecule has 1 aromatic carbocycles. The minimum Gasteiger partial charge on any atom is -0.353 e. The monoisotopic (exact) mass is 284 g/mol. The summed E-state index contributed by atoms with van der Waals surface area (Å²) >= 11 is 0. The molecule has 0 aromatic heterocycles. The number of nitrogens with two attached hydrogens (primary N) is 1. The molecule has 3 heteroatoms. The number of hydrogen-bond acceptors (Lipinski definition) is 2. The summed E-state index contributed by atoms with van der Waals surface area (Å²) in [6.07, 6.45) is 5.78. The minimum atomic E-state index is 0.215. The van der Waals surface area contributed by atoms with E-state index in [-0.39, 0.29) is 11.8 Å². The van der Waals surface area contributed by atoms with Crippen LogP contribution in [0.2, 0.25) is 0 Å². The number of amides is 1. The number of nitrogens with one attached hydrogen (secondary N) is 1. The molecule has 5 unspecified atom stereocenters. The Hall–Kier alpha value is -1.35. The molecular formula is C18H24N2O. The summed E-state index contributed by atoms with van der Waals surface area (Å²) in [5, 5.41) is 3.31. The van der Waals surface area contributed by atoms with Gasteiger partial charge in [0.25, 0.3) is 0 Å². The minimum absolute atomic E-state index is 0.215. The summed E-state index contributed by atoms with van der Waals surface area (Å²) in [4.78, 5) is 12.6. The lowest BCUT2D eigenvalue weighted by Crippen LogP contribution is -2.41. The van der Waals surface area contributed by atoms with E-state index in [4.69, 9.17) is 5.73 Å². The Labute approximate surface area is 126 Å². The number of hydrogen-bond donors (Lipinski definition) is 2. The molecule has 5 atom stereocenters. The van der Waals surface area contributed by atoms with Gasteiger partial charge in [0.05, 0.1) is 0 Å². The zero-order valence-electron chi connectivity index (χ0n) is 12.4. The fraction of sp³-hybridized carbons (Fsp3) is 0.611. The van der Waals surface area contributed by atoms with Crippen molar-refractivity contribution in [1.82, 2.24) is 5.32 Å². The van der Waals surface area contributed by atoms with E-state index in [1.807, 2.05) is 0 Å². The number of carbonyl (C=O) groups excluding carboxylic acids is 1. The summed E-state index contributed by atoms with van der Waals surface area (Å²) in [5.41, 5.74) is 8.70. The second-order valence-electron chi connectivity index (χ2n) is 6.99. The van der Waals surface area contributed by atoms with Crippen molar-refractivity contribution >= 4 is 5.91 Å². The van der Waals surface area contributed by atoms with Crippen molar-refractivity contribution in [2.24, 2.45) is 23.5 Å². The topological polar surface area (TPSA) is 55.1 Å². The first-order chi connectivity index (χ1) is 10.3. The molecule has 3 nitrogen and oxygen atoms in total. The van der Waals surface area contributed by atoms with Crippen LogP contribution in [-0.2, 0) is 11.2 Å². The Bertz CT molecular complexity index is 556. The van der Waals surface area contributed by atoms with Crippen LogP contribution in [-0.4, -0.2) is 18.5 Å². The van der Waals surface area contributed by atoms with Gasteiger partial charge < -0.3 is 11.1 Å². The second-order valence-corrected chi connectivity index (χ2v) is 6.99. The fourth-order valence-electron chi connectivity index (χ4n) is 4.71. The van der Waals surface area contributed by atoms with Crippen molar-refractivity contribution in [2.45, 2.75) is 44.1 Å². The van der Waals surface area contributed by atoms with Gasteiger partial charge in [-0.25, -0.2) is 0 Å². The van der Waals surface area contributed by atoms with Crippen molar-refractivity contribution < 1.29 is 4.79 Å². The molecule has 3 aliphatic carbocycles.